The van der Waals surface area contributed by atoms with Crippen LogP contribution >= 0.6 is 15.9 Å². The Morgan fingerprint density at radius 2 is 1.86 bits per heavy atom. The molecule has 1 amide bonds. The van der Waals surface area contributed by atoms with Gasteiger partial charge in [-0.15, -0.1) is 0 Å². The molecule has 0 bridgehead atoms. The van der Waals surface area contributed by atoms with E-state index in [1.165, 1.54) is 0 Å². The molecule has 0 aliphatic rings. The number of aliphatic carboxylic acids is 1. The summed E-state index contributed by atoms with van der Waals surface area (Å²) in [5, 5.41) is 11.6. The van der Waals surface area contributed by atoms with E-state index in [-0.39, 0.29) is 6.42 Å². The molecular formula is C15H20BrNO4. The van der Waals surface area contributed by atoms with E-state index in [1.54, 1.807) is 20.8 Å². The van der Waals surface area contributed by atoms with Gasteiger partial charge in [-0.1, -0.05) is 28.1 Å². The standard InChI is InChI=1S/C15H20BrNO4/c1-15(2,3)21-14(20)17-12(9-13(18)19)8-10-4-6-11(16)7-5-10/h4-7,12H,8-9H2,1-3H3,(H,17,20)(H,18,19)/t12-/m0/s1. The van der Waals surface area contributed by atoms with Gasteiger partial charge < -0.3 is 15.2 Å². The van der Waals surface area contributed by atoms with Gasteiger partial charge in [0.25, 0.3) is 0 Å². The molecule has 0 aromatic heterocycles. The van der Waals surface area contributed by atoms with Gasteiger partial charge in [0, 0.05) is 10.5 Å². The molecule has 1 rings (SSSR count). The number of hydrogen-bond acceptors (Lipinski definition) is 3. The van der Waals surface area contributed by atoms with E-state index in [9.17, 15) is 9.59 Å². The Bertz CT molecular complexity index is 493. The van der Waals surface area contributed by atoms with Crippen molar-refractivity contribution in [2.24, 2.45) is 0 Å². The largest absolute Gasteiger partial charge is 0.481 e. The highest BCUT2D eigenvalue weighted by molar-refractivity contribution is 9.10. The van der Waals surface area contributed by atoms with Gasteiger partial charge in [-0.05, 0) is 44.9 Å². The summed E-state index contributed by atoms with van der Waals surface area (Å²) in [6, 6.07) is 7.01. The molecule has 0 heterocycles. The second kappa shape index (κ2) is 7.45. The molecule has 0 aliphatic carbocycles. The smallest absolute Gasteiger partial charge is 0.407 e. The third-order valence-electron chi connectivity index (χ3n) is 2.54. The van der Waals surface area contributed by atoms with Crippen LogP contribution in [0.5, 0.6) is 0 Å². The van der Waals surface area contributed by atoms with Crippen molar-refractivity contribution < 1.29 is 19.4 Å². The van der Waals surface area contributed by atoms with Crippen LogP contribution in [-0.2, 0) is 16.0 Å². The van der Waals surface area contributed by atoms with Crippen LogP contribution < -0.4 is 5.32 Å². The fourth-order valence-corrected chi connectivity index (χ4v) is 2.03. The molecule has 1 aromatic rings. The molecule has 0 spiro atoms. The van der Waals surface area contributed by atoms with Crippen molar-refractivity contribution >= 4 is 28.0 Å². The van der Waals surface area contributed by atoms with Crippen LogP contribution in [0.25, 0.3) is 0 Å². The van der Waals surface area contributed by atoms with E-state index in [0.29, 0.717) is 6.42 Å². The van der Waals surface area contributed by atoms with E-state index >= 15 is 0 Å². The number of ether oxygens (including phenoxy) is 1. The van der Waals surface area contributed by atoms with Gasteiger partial charge in [-0.2, -0.15) is 0 Å². The van der Waals surface area contributed by atoms with Crippen molar-refractivity contribution in [3.8, 4) is 0 Å². The van der Waals surface area contributed by atoms with Crippen molar-refractivity contribution in [1.82, 2.24) is 5.32 Å². The fourth-order valence-electron chi connectivity index (χ4n) is 1.76. The van der Waals surface area contributed by atoms with Crippen LogP contribution in [0.3, 0.4) is 0 Å². The van der Waals surface area contributed by atoms with Crippen LogP contribution in [0, 0.1) is 0 Å². The number of amides is 1. The first-order chi connectivity index (χ1) is 9.65. The van der Waals surface area contributed by atoms with Crippen molar-refractivity contribution in [1.29, 1.82) is 0 Å². The van der Waals surface area contributed by atoms with Crippen molar-refractivity contribution in [2.75, 3.05) is 0 Å². The predicted molar refractivity (Wildman–Crippen MR) is 83.3 cm³/mol. The lowest BCUT2D eigenvalue weighted by Crippen LogP contribution is -2.41. The van der Waals surface area contributed by atoms with Gasteiger partial charge in [-0.3, -0.25) is 4.79 Å². The highest BCUT2D eigenvalue weighted by Crippen LogP contribution is 2.13. The average molecular weight is 358 g/mol. The zero-order chi connectivity index (χ0) is 16.0. The number of rotatable bonds is 5. The second-order valence-corrected chi connectivity index (χ2v) is 6.69. The number of carboxylic acid groups (broad SMARTS) is 1. The second-order valence-electron chi connectivity index (χ2n) is 5.77. The number of hydrogen-bond donors (Lipinski definition) is 2. The molecule has 2 N–H and O–H groups in total. The minimum atomic E-state index is -0.965. The molecule has 21 heavy (non-hydrogen) atoms. The molecule has 1 aromatic carbocycles. The monoisotopic (exact) mass is 357 g/mol. The maximum atomic E-state index is 11.8. The maximum Gasteiger partial charge on any atom is 0.407 e. The van der Waals surface area contributed by atoms with Crippen molar-refractivity contribution in [3.05, 3.63) is 34.3 Å². The van der Waals surface area contributed by atoms with Crippen LogP contribution in [0.2, 0.25) is 0 Å². The molecule has 0 radical (unpaired) electrons. The Kier molecular flexibility index (Phi) is 6.20. The number of carboxylic acids is 1. The SMILES string of the molecule is CC(C)(C)OC(=O)N[C@H](CC(=O)O)Cc1ccc(Br)cc1. The number of alkyl carbamates (subject to hydrolysis) is 1. The molecule has 0 aliphatic heterocycles. The topological polar surface area (TPSA) is 75.6 Å². The summed E-state index contributed by atoms with van der Waals surface area (Å²) in [6.45, 7) is 5.27. The molecule has 0 saturated heterocycles. The Balaban J connectivity index is 2.69. The van der Waals surface area contributed by atoms with E-state index in [0.717, 1.165) is 10.0 Å². The highest BCUT2D eigenvalue weighted by Gasteiger charge is 2.21. The first kappa shape index (κ1) is 17.5. The van der Waals surface area contributed by atoms with Gasteiger partial charge in [0.2, 0.25) is 0 Å². The summed E-state index contributed by atoms with van der Waals surface area (Å²) >= 11 is 3.34. The lowest BCUT2D eigenvalue weighted by Gasteiger charge is -2.23. The lowest BCUT2D eigenvalue weighted by molar-refractivity contribution is -0.137. The lowest BCUT2D eigenvalue weighted by atomic mass is 10.0. The van der Waals surface area contributed by atoms with Crippen LogP contribution in [0.4, 0.5) is 4.79 Å². The zero-order valence-electron chi connectivity index (χ0n) is 12.4. The average Bonchev–Trinajstić information content (AvgIpc) is 2.28. The van der Waals surface area contributed by atoms with Gasteiger partial charge in [0.15, 0.2) is 0 Å². The molecule has 0 saturated carbocycles. The minimum Gasteiger partial charge on any atom is -0.481 e. The molecule has 0 fully saturated rings. The van der Waals surface area contributed by atoms with E-state index in [2.05, 4.69) is 21.2 Å². The van der Waals surface area contributed by atoms with Crippen molar-refractivity contribution in [3.63, 3.8) is 0 Å². The van der Waals surface area contributed by atoms with E-state index in [1.807, 2.05) is 24.3 Å². The summed E-state index contributed by atoms with van der Waals surface area (Å²) in [5.41, 5.74) is 0.329. The molecule has 116 valence electrons. The summed E-state index contributed by atoms with van der Waals surface area (Å²) in [6.07, 6.45) is -0.334. The number of halogens is 1. The number of carbonyl (C=O) groups excluding carboxylic acids is 1. The van der Waals surface area contributed by atoms with Gasteiger partial charge in [0.05, 0.1) is 6.42 Å². The first-order valence-electron chi connectivity index (χ1n) is 6.61. The van der Waals surface area contributed by atoms with Gasteiger partial charge in [0.1, 0.15) is 5.60 Å². The Morgan fingerprint density at radius 3 is 2.33 bits per heavy atom. The number of carbonyl (C=O) groups is 2. The van der Waals surface area contributed by atoms with Crippen LogP contribution in [0.1, 0.15) is 32.8 Å². The maximum absolute atomic E-state index is 11.8. The highest BCUT2D eigenvalue weighted by atomic mass is 79.9. The van der Waals surface area contributed by atoms with E-state index in [4.69, 9.17) is 9.84 Å². The summed E-state index contributed by atoms with van der Waals surface area (Å²) in [5.74, 6) is -0.965. The Morgan fingerprint density at radius 1 is 1.29 bits per heavy atom. The molecule has 0 unspecified atom stereocenters. The molecule has 6 heteroatoms. The predicted octanol–water partition coefficient (Wildman–Crippen LogP) is 3.36. The van der Waals surface area contributed by atoms with Gasteiger partial charge >= 0.3 is 12.1 Å². The van der Waals surface area contributed by atoms with E-state index < -0.39 is 23.7 Å². The van der Waals surface area contributed by atoms with Crippen molar-refractivity contribution in [2.45, 2.75) is 45.3 Å². The normalized spacial score (nSPS) is 12.6. The number of benzene rings is 1. The third kappa shape index (κ3) is 7.70. The molecule has 5 nitrogen and oxygen atoms in total. The first-order valence-corrected chi connectivity index (χ1v) is 7.41. The number of nitrogens with one attached hydrogen (secondary N) is 1. The van der Waals surface area contributed by atoms with Gasteiger partial charge in [-0.25, -0.2) is 4.79 Å². The summed E-state index contributed by atoms with van der Waals surface area (Å²) in [4.78, 5) is 22.7. The molecular weight excluding hydrogens is 338 g/mol. The third-order valence-corrected chi connectivity index (χ3v) is 3.07. The van der Waals surface area contributed by atoms with Crippen LogP contribution in [0.15, 0.2) is 28.7 Å². The zero-order valence-corrected chi connectivity index (χ0v) is 13.9. The quantitative estimate of drug-likeness (QED) is 0.846. The fraction of sp³-hybridized carbons (Fsp3) is 0.467. The minimum absolute atomic E-state index is 0.157. The Labute approximate surface area is 132 Å². The summed E-state index contributed by atoms with van der Waals surface area (Å²) < 4.78 is 6.10. The van der Waals surface area contributed by atoms with Crippen LogP contribution in [-0.4, -0.2) is 28.8 Å². The summed E-state index contributed by atoms with van der Waals surface area (Å²) in [7, 11) is 0. The Hall–Kier alpha value is -1.56. The molecule has 1 atom stereocenters.